The number of nitrogens with zero attached hydrogens (tertiary/aromatic N) is 4. The summed E-state index contributed by atoms with van der Waals surface area (Å²) in [6.45, 7) is 5.75. The van der Waals surface area contributed by atoms with E-state index in [4.69, 9.17) is 5.73 Å². The molecular weight excluding hydrogens is 418 g/mol. The predicted octanol–water partition coefficient (Wildman–Crippen LogP) is 1.68. The summed E-state index contributed by atoms with van der Waals surface area (Å²) < 4.78 is 1.50. The fraction of sp³-hybridized carbons (Fsp3) is 0.542. The first-order valence-corrected chi connectivity index (χ1v) is 11.8. The largest absolute Gasteiger partial charge is 0.354 e. The van der Waals surface area contributed by atoms with Crippen LogP contribution in [0, 0.1) is 6.92 Å². The van der Waals surface area contributed by atoms with Crippen LogP contribution in [-0.4, -0.2) is 70.7 Å². The fourth-order valence-corrected chi connectivity index (χ4v) is 4.67. The highest BCUT2D eigenvalue weighted by atomic mass is 16.2. The smallest absolute Gasteiger partial charge is 0.328 e. The second-order valence-electron chi connectivity index (χ2n) is 9.23. The maximum Gasteiger partial charge on any atom is 0.354 e. The summed E-state index contributed by atoms with van der Waals surface area (Å²) in [6, 6.07) is 8.40. The Kier molecular flexibility index (Phi) is 7.42. The molecule has 0 bridgehead atoms. The number of urea groups is 1. The molecule has 178 valence electrons. The number of carbonyl (C=O) groups excluding carboxylic acids is 1. The minimum absolute atomic E-state index is 0.231. The van der Waals surface area contributed by atoms with E-state index < -0.39 is 5.69 Å². The number of hydrogen-bond acceptors (Lipinski definition) is 6. The Balaban J connectivity index is 1.41. The Bertz CT molecular complexity index is 1020. The van der Waals surface area contributed by atoms with E-state index in [-0.39, 0.29) is 11.8 Å². The number of piperazine rings is 1. The van der Waals surface area contributed by atoms with Gasteiger partial charge in [-0.1, -0.05) is 6.07 Å². The first kappa shape index (κ1) is 23.4. The Morgan fingerprint density at radius 1 is 1.21 bits per heavy atom. The van der Waals surface area contributed by atoms with Crippen LogP contribution in [0.4, 0.5) is 10.6 Å². The monoisotopic (exact) mass is 453 g/mol. The van der Waals surface area contributed by atoms with Crippen molar-refractivity contribution in [2.75, 3.05) is 38.5 Å². The SMILES string of the molecule is Cc1cc(-n2ccc(NC(=O)N3CCNCC3)nc2=O)ccc1CN(C)[C@H]1CC[C@H](N)CC1. The lowest BCUT2D eigenvalue weighted by Crippen LogP contribution is -2.48. The van der Waals surface area contributed by atoms with Gasteiger partial charge in [0.15, 0.2) is 0 Å². The van der Waals surface area contributed by atoms with Gasteiger partial charge in [0, 0.05) is 51.0 Å². The van der Waals surface area contributed by atoms with Gasteiger partial charge in [0.05, 0.1) is 5.69 Å². The van der Waals surface area contributed by atoms with Crippen molar-refractivity contribution < 1.29 is 4.79 Å². The summed E-state index contributed by atoms with van der Waals surface area (Å²) in [5.41, 5.74) is 8.77. The van der Waals surface area contributed by atoms with Gasteiger partial charge in [-0.3, -0.25) is 14.8 Å². The number of nitrogens with one attached hydrogen (secondary N) is 2. The number of rotatable bonds is 5. The standard InChI is InChI=1S/C24H35N7O2/c1-17-15-21(6-3-18(17)16-29(2)20-7-4-19(25)5-8-20)31-12-9-22(28-24(31)33)27-23(32)30-13-10-26-11-14-30/h3,6,9,12,15,19-20,26H,4-5,7-8,10-11,13-14,16,25H2,1-2H3,(H,27,28,32,33)/t19-,20-. The quantitative estimate of drug-likeness (QED) is 0.636. The molecule has 1 saturated heterocycles. The molecular formula is C24H35N7O2. The van der Waals surface area contributed by atoms with E-state index in [0.29, 0.717) is 25.2 Å². The zero-order chi connectivity index (χ0) is 23.4. The van der Waals surface area contributed by atoms with Crippen LogP contribution in [-0.2, 0) is 6.54 Å². The van der Waals surface area contributed by atoms with Gasteiger partial charge in [-0.25, -0.2) is 9.59 Å². The maximum atomic E-state index is 12.7. The van der Waals surface area contributed by atoms with Gasteiger partial charge >= 0.3 is 11.7 Å². The minimum Gasteiger partial charge on any atom is -0.328 e. The highest BCUT2D eigenvalue weighted by Crippen LogP contribution is 2.24. The summed E-state index contributed by atoms with van der Waals surface area (Å²) in [5, 5.41) is 5.94. The Morgan fingerprint density at radius 3 is 2.61 bits per heavy atom. The number of anilines is 1. The molecule has 0 spiro atoms. The van der Waals surface area contributed by atoms with Crippen molar-refractivity contribution in [3.63, 3.8) is 0 Å². The number of aromatic nitrogens is 2. The Labute approximate surface area is 195 Å². The molecule has 0 unspecified atom stereocenters. The molecule has 1 saturated carbocycles. The molecule has 2 aliphatic rings. The predicted molar refractivity (Wildman–Crippen MR) is 130 cm³/mol. The summed E-state index contributed by atoms with van der Waals surface area (Å²) >= 11 is 0. The van der Waals surface area contributed by atoms with Crippen LogP contribution in [0.25, 0.3) is 5.69 Å². The normalized spacial score (nSPS) is 21.3. The molecule has 33 heavy (non-hydrogen) atoms. The van der Waals surface area contributed by atoms with Gasteiger partial charge in [0.1, 0.15) is 5.82 Å². The molecule has 9 heteroatoms. The van der Waals surface area contributed by atoms with Crippen molar-refractivity contribution in [3.05, 3.63) is 52.1 Å². The second-order valence-corrected chi connectivity index (χ2v) is 9.23. The van der Waals surface area contributed by atoms with Crippen LogP contribution in [0.5, 0.6) is 0 Å². The zero-order valence-electron chi connectivity index (χ0n) is 19.6. The molecule has 1 aliphatic carbocycles. The number of hydrogen-bond donors (Lipinski definition) is 3. The molecule has 4 rings (SSSR count). The second kappa shape index (κ2) is 10.5. The lowest BCUT2D eigenvalue weighted by Gasteiger charge is -2.33. The molecule has 1 aromatic heterocycles. The van der Waals surface area contributed by atoms with Crippen molar-refractivity contribution in [3.8, 4) is 5.69 Å². The van der Waals surface area contributed by atoms with Gasteiger partial charge in [-0.15, -0.1) is 0 Å². The third-order valence-electron chi connectivity index (χ3n) is 6.83. The van der Waals surface area contributed by atoms with Gasteiger partial charge < -0.3 is 16.0 Å². The summed E-state index contributed by atoms with van der Waals surface area (Å²) in [7, 11) is 2.18. The van der Waals surface area contributed by atoms with Gasteiger partial charge in [0.2, 0.25) is 0 Å². The maximum absolute atomic E-state index is 12.7. The average Bonchev–Trinajstić information content (AvgIpc) is 2.81. The summed E-state index contributed by atoms with van der Waals surface area (Å²) in [4.78, 5) is 33.2. The summed E-state index contributed by atoms with van der Waals surface area (Å²) in [5.74, 6) is 0.266. The van der Waals surface area contributed by atoms with Gasteiger partial charge in [0.25, 0.3) is 0 Å². The molecule has 0 radical (unpaired) electrons. The van der Waals surface area contributed by atoms with Crippen molar-refractivity contribution in [2.45, 2.75) is 51.2 Å². The van der Waals surface area contributed by atoms with Crippen LogP contribution >= 0.6 is 0 Å². The zero-order valence-corrected chi connectivity index (χ0v) is 19.6. The third kappa shape index (κ3) is 5.79. The number of benzene rings is 1. The highest BCUT2D eigenvalue weighted by Gasteiger charge is 2.22. The number of aryl methyl sites for hydroxylation is 1. The minimum atomic E-state index is -0.420. The van der Waals surface area contributed by atoms with Crippen molar-refractivity contribution in [1.82, 2.24) is 24.7 Å². The molecule has 9 nitrogen and oxygen atoms in total. The molecule has 2 heterocycles. The first-order chi connectivity index (χ1) is 15.9. The third-order valence-corrected chi connectivity index (χ3v) is 6.83. The van der Waals surface area contributed by atoms with Gasteiger partial charge in [-0.05, 0) is 69.0 Å². The molecule has 1 aliphatic heterocycles. The topological polar surface area (TPSA) is 109 Å². The van der Waals surface area contributed by atoms with E-state index >= 15 is 0 Å². The lowest BCUT2D eigenvalue weighted by molar-refractivity contribution is 0.176. The van der Waals surface area contributed by atoms with Gasteiger partial charge in [-0.2, -0.15) is 4.98 Å². The Hall–Kier alpha value is -2.75. The molecule has 0 atom stereocenters. The first-order valence-electron chi connectivity index (χ1n) is 11.8. The van der Waals surface area contributed by atoms with E-state index in [9.17, 15) is 9.59 Å². The van der Waals surface area contributed by atoms with Crippen LogP contribution in [0.2, 0.25) is 0 Å². The van der Waals surface area contributed by atoms with E-state index in [0.717, 1.165) is 56.6 Å². The van der Waals surface area contributed by atoms with E-state index in [1.54, 1.807) is 17.2 Å². The van der Waals surface area contributed by atoms with E-state index in [1.807, 2.05) is 12.1 Å². The number of nitrogens with two attached hydrogens (primary N) is 1. The number of carbonyl (C=O) groups is 1. The van der Waals surface area contributed by atoms with Crippen LogP contribution in [0.1, 0.15) is 36.8 Å². The Morgan fingerprint density at radius 2 is 1.94 bits per heavy atom. The van der Waals surface area contributed by atoms with Crippen molar-refractivity contribution >= 4 is 11.8 Å². The number of amides is 2. The van der Waals surface area contributed by atoms with Crippen LogP contribution < -0.4 is 22.1 Å². The van der Waals surface area contributed by atoms with E-state index in [2.05, 4.69) is 40.6 Å². The van der Waals surface area contributed by atoms with Crippen LogP contribution in [0.3, 0.4) is 0 Å². The molecule has 2 fully saturated rings. The molecule has 2 aromatic rings. The average molecular weight is 454 g/mol. The van der Waals surface area contributed by atoms with E-state index in [1.165, 1.54) is 10.1 Å². The molecule has 1 aromatic carbocycles. The fourth-order valence-electron chi connectivity index (χ4n) is 4.67. The summed E-state index contributed by atoms with van der Waals surface area (Å²) in [6.07, 6.45) is 6.14. The van der Waals surface area contributed by atoms with Crippen molar-refractivity contribution in [2.24, 2.45) is 5.73 Å². The molecule has 2 amide bonds. The van der Waals surface area contributed by atoms with Crippen LogP contribution in [0.15, 0.2) is 35.3 Å². The lowest BCUT2D eigenvalue weighted by atomic mass is 9.90. The highest BCUT2D eigenvalue weighted by molar-refractivity contribution is 5.88. The molecule has 4 N–H and O–H groups in total. The van der Waals surface area contributed by atoms with Crippen molar-refractivity contribution in [1.29, 1.82) is 0 Å².